The number of hydrogen-bond acceptors (Lipinski definition) is 5. The van der Waals surface area contributed by atoms with Gasteiger partial charge in [0.05, 0.1) is 16.7 Å². The van der Waals surface area contributed by atoms with E-state index < -0.39 is 0 Å². The molecule has 0 aliphatic carbocycles. The first kappa shape index (κ1) is 26.7. The van der Waals surface area contributed by atoms with Crippen molar-refractivity contribution in [2.24, 2.45) is 11.8 Å². The molecule has 0 unspecified atom stereocenters. The Labute approximate surface area is 211 Å². The van der Waals surface area contributed by atoms with Gasteiger partial charge in [0.25, 0.3) is 11.5 Å². The highest BCUT2D eigenvalue weighted by molar-refractivity contribution is 7.99. The number of carbonyl (C=O) groups excluding carboxylic acids is 2. The SMILES string of the molecule is Cc1ccc(C)c(C(=O)CSc2nc3cc(C(=O)NCC(C)C)ccc3c(=O)n2CCC(C)C)c1. The van der Waals surface area contributed by atoms with Crippen LogP contribution in [0, 0.1) is 25.7 Å². The largest absolute Gasteiger partial charge is 0.352 e. The molecular formula is C28H35N3O3S. The summed E-state index contributed by atoms with van der Waals surface area (Å²) in [7, 11) is 0. The van der Waals surface area contributed by atoms with E-state index in [1.54, 1.807) is 22.8 Å². The zero-order valence-corrected chi connectivity index (χ0v) is 22.3. The van der Waals surface area contributed by atoms with Gasteiger partial charge in [-0.3, -0.25) is 19.0 Å². The van der Waals surface area contributed by atoms with Crippen LogP contribution in [0.1, 0.15) is 66.0 Å². The summed E-state index contributed by atoms with van der Waals surface area (Å²) in [6.07, 6.45) is 0.821. The monoisotopic (exact) mass is 493 g/mol. The van der Waals surface area contributed by atoms with Gasteiger partial charge >= 0.3 is 0 Å². The minimum atomic E-state index is -0.189. The molecule has 3 rings (SSSR count). The smallest absolute Gasteiger partial charge is 0.262 e. The standard InChI is InChI=1S/C28H35N3O3S/c1-17(2)11-12-31-27(34)22-10-9-21(26(33)29-15-18(3)4)14-24(22)30-28(31)35-16-25(32)23-13-19(5)7-8-20(23)6/h7-10,13-14,17-18H,11-12,15-16H2,1-6H3,(H,29,33). The Hall–Kier alpha value is -2.93. The van der Waals surface area contributed by atoms with Crippen LogP contribution in [0.5, 0.6) is 0 Å². The molecule has 3 aromatic rings. The fourth-order valence-corrected chi connectivity index (χ4v) is 4.59. The number of rotatable bonds is 10. The third kappa shape index (κ3) is 6.82. The molecule has 0 fully saturated rings. The van der Waals surface area contributed by atoms with Crippen molar-refractivity contribution >= 4 is 34.4 Å². The van der Waals surface area contributed by atoms with Gasteiger partial charge in [-0.25, -0.2) is 4.98 Å². The Morgan fingerprint density at radius 1 is 1.03 bits per heavy atom. The lowest BCUT2D eigenvalue weighted by Gasteiger charge is -2.15. The summed E-state index contributed by atoms with van der Waals surface area (Å²) in [5.41, 5.74) is 3.44. The molecule has 0 saturated heterocycles. The molecule has 1 N–H and O–H groups in total. The molecule has 1 aromatic heterocycles. The van der Waals surface area contributed by atoms with E-state index >= 15 is 0 Å². The number of aromatic nitrogens is 2. The van der Waals surface area contributed by atoms with E-state index in [1.165, 1.54) is 11.8 Å². The number of nitrogens with one attached hydrogen (secondary N) is 1. The second-order valence-electron chi connectivity index (χ2n) is 9.90. The van der Waals surface area contributed by atoms with Gasteiger partial charge in [-0.15, -0.1) is 0 Å². The molecule has 7 heteroatoms. The molecule has 0 bridgehead atoms. The fraction of sp³-hybridized carbons (Fsp3) is 0.429. The van der Waals surface area contributed by atoms with E-state index in [0.29, 0.717) is 52.1 Å². The maximum absolute atomic E-state index is 13.4. The Kier molecular flexibility index (Phi) is 8.89. The Bertz CT molecular complexity index is 1290. The maximum Gasteiger partial charge on any atom is 0.262 e. The molecule has 0 radical (unpaired) electrons. The van der Waals surface area contributed by atoms with Crippen LogP contribution in [0.15, 0.2) is 46.3 Å². The Balaban J connectivity index is 1.96. The molecule has 6 nitrogen and oxygen atoms in total. The quantitative estimate of drug-likeness (QED) is 0.232. The van der Waals surface area contributed by atoms with E-state index in [0.717, 1.165) is 17.5 Å². The molecule has 1 heterocycles. The fourth-order valence-electron chi connectivity index (χ4n) is 3.68. The van der Waals surface area contributed by atoms with Crippen molar-refractivity contribution in [3.63, 3.8) is 0 Å². The van der Waals surface area contributed by atoms with Crippen LogP contribution in [0.4, 0.5) is 0 Å². The number of carbonyl (C=O) groups is 2. The van der Waals surface area contributed by atoms with Gasteiger partial charge in [-0.2, -0.15) is 0 Å². The summed E-state index contributed by atoms with van der Waals surface area (Å²) in [5.74, 6) is 0.745. The first-order valence-corrected chi connectivity index (χ1v) is 13.1. The summed E-state index contributed by atoms with van der Waals surface area (Å²) in [5, 5.41) is 3.88. The average molecular weight is 494 g/mol. The number of benzene rings is 2. The van der Waals surface area contributed by atoms with Gasteiger partial charge in [0.1, 0.15) is 0 Å². The lowest BCUT2D eigenvalue weighted by Crippen LogP contribution is -2.28. The lowest BCUT2D eigenvalue weighted by atomic mass is 10.0. The first-order chi connectivity index (χ1) is 16.6. The molecule has 2 aromatic carbocycles. The van der Waals surface area contributed by atoms with Gasteiger partial charge in [0.15, 0.2) is 10.9 Å². The molecule has 35 heavy (non-hydrogen) atoms. The van der Waals surface area contributed by atoms with Crippen molar-refractivity contribution in [3.8, 4) is 0 Å². The maximum atomic E-state index is 13.4. The van der Waals surface area contributed by atoms with Crippen molar-refractivity contribution in [2.75, 3.05) is 12.3 Å². The molecule has 1 amide bonds. The van der Waals surface area contributed by atoms with Crippen LogP contribution in [-0.2, 0) is 6.54 Å². The molecule has 0 aliphatic heterocycles. The number of nitrogens with zero attached hydrogens (tertiary/aromatic N) is 2. The Morgan fingerprint density at radius 3 is 2.46 bits per heavy atom. The molecule has 0 saturated carbocycles. The van der Waals surface area contributed by atoms with Gasteiger partial charge in [0.2, 0.25) is 0 Å². The topological polar surface area (TPSA) is 81.1 Å². The predicted octanol–water partition coefficient (Wildman–Crippen LogP) is 5.42. The summed E-state index contributed by atoms with van der Waals surface area (Å²) in [4.78, 5) is 43.7. The Morgan fingerprint density at radius 2 is 1.77 bits per heavy atom. The molecule has 0 atom stereocenters. The van der Waals surface area contributed by atoms with Gasteiger partial charge in [-0.1, -0.05) is 57.2 Å². The van der Waals surface area contributed by atoms with Crippen LogP contribution in [0.25, 0.3) is 10.9 Å². The number of Topliss-reactive ketones (excluding diaryl/α,β-unsaturated/α-hetero) is 1. The van der Waals surface area contributed by atoms with Crippen molar-refractivity contribution in [3.05, 3.63) is 69.0 Å². The molecule has 0 spiro atoms. The average Bonchev–Trinajstić information content (AvgIpc) is 2.81. The predicted molar refractivity (Wildman–Crippen MR) is 144 cm³/mol. The second kappa shape index (κ2) is 11.7. The van der Waals surface area contributed by atoms with Gasteiger partial charge in [-0.05, 0) is 61.9 Å². The normalized spacial score (nSPS) is 11.4. The van der Waals surface area contributed by atoms with E-state index in [1.807, 2.05) is 45.9 Å². The van der Waals surface area contributed by atoms with Crippen LogP contribution >= 0.6 is 11.8 Å². The van der Waals surface area contributed by atoms with Crippen molar-refractivity contribution in [1.29, 1.82) is 0 Å². The lowest BCUT2D eigenvalue weighted by molar-refractivity contribution is 0.0948. The number of hydrogen-bond donors (Lipinski definition) is 1. The minimum Gasteiger partial charge on any atom is -0.352 e. The number of thioether (sulfide) groups is 1. The van der Waals surface area contributed by atoms with E-state index in [4.69, 9.17) is 4.98 Å². The third-order valence-electron chi connectivity index (χ3n) is 5.81. The minimum absolute atomic E-state index is 0.00256. The van der Waals surface area contributed by atoms with Crippen LogP contribution in [-0.4, -0.2) is 33.5 Å². The molecule has 186 valence electrons. The summed E-state index contributed by atoms with van der Waals surface area (Å²) >= 11 is 1.28. The van der Waals surface area contributed by atoms with Crippen LogP contribution in [0.2, 0.25) is 0 Å². The number of aryl methyl sites for hydroxylation is 2. The highest BCUT2D eigenvalue weighted by Gasteiger charge is 2.17. The molecular weight excluding hydrogens is 458 g/mol. The van der Waals surface area contributed by atoms with E-state index in [2.05, 4.69) is 19.2 Å². The van der Waals surface area contributed by atoms with Crippen LogP contribution < -0.4 is 10.9 Å². The second-order valence-corrected chi connectivity index (χ2v) is 10.8. The van der Waals surface area contributed by atoms with Crippen molar-refractivity contribution in [1.82, 2.24) is 14.9 Å². The molecule has 0 aliphatic rings. The highest BCUT2D eigenvalue weighted by Crippen LogP contribution is 2.22. The summed E-state index contributed by atoms with van der Waals surface area (Å²) < 4.78 is 1.67. The zero-order chi connectivity index (χ0) is 25.7. The van der Waals surface area contributed by atoms with Gasteiger partial charge < -0.3 is 5.32 Å². The van der Waals surface area contributed by atoms with E-state index in [9.17, 15) is 14.4 Å². The van der Waals surface area contributed by atoms with Crippen molar-refractivity contribution in [2.45, 2.75) is 59.7 Å². The summed E-state index contributed by atoms with van der Waals surface area (Å²) in [6, 6.07) is 10.9. The van der Waals surface area contributed by atoms with Crippen molar-refractivity contribution < 1.29 is 9.59 Å². The highest BCUT2D eigenvalue weighted by atomic mass is 32.2. The number of ketones is 1. The first-order valence-electron chi connectivity index (χ1n) is 12.1. The number of fused-ring (bicyclic) bond motifs is 1. The van der Waals surface area contributed by atoms with E-state index in [-0.39, 0.29) is 23.0 Å². The summed E-state index contributed by atoms with van der Waals surface area (Å²) in [6.45, 7) is 13.3. The van der Waals surface area contributed by atoms with Crippen LogP contribution in [0.3, 0.4) is 0 Å². The number of amides is 1. The zero-order valence-electron chi connectivity index (χ0n) is 21.5. The third-order valence-corrected chi connectivity index (χ3v) is 6.79. The van der Waals surface area contributed by atoms with Gasteiger partial charge in [0, 0.05) is 24.2 Å².